The van der Waals surface area contributed by atoms with E-state index in [4.69, 9.17) is 0 Å². The summed E-state index contributed by atoms with van der Waals surface area (Å²) in [6, 6.07) is 5.97. The van der Waals surface area contributed by atoms with Crippen molar-refractivity contribution in [1.29, 1.82) is 0 Å². The van der Waals surface area contributed by atoms with Gasteiger partial charge in [-0.05, 0) is 48.8 Å². The number of aromatic nitrogens is 2. The number of benzene rings is 1. The highest BCUT2D eigenvalue weighted by molar-refractivity contribution is 7.91. The second-order valence-corrected chi connectivity index (χ2v) is 11.7. The number of aryl methyl sites for hydroxylation is 1. The first-order valence-electron chi connectivity index (χ1n) is 11.5. The standard InChI is InChI=1S/C24H30N4O3S/c1-14(2)23(17-7-6-16-5-4-10-32(30,31)21(16)11-17)27-24-22-19(25-13-26-24)12-18-8-9-20(22)28(18)15(3)29/h6-7,11,13-14,18,20,23H,4-5,8-10,12H2,1-3H3,(H,25,26,27)/t18-,20+,23-/m1/s1. The molecule has 0 spiro atoms. The Morgan fingerprint density at radius 1 is 1.22 bits per heavy atom. The molecule has 170 valence electrons. The fraction of sp³-hybridized carbons (Fsp3) is 0.542. The summed E-state index contributed by atoms with van der Waals surface area (Å²) in [4.78, 5) is 23.9. The van der Waals surface area contributed by atoms with E-state index in [1.165, 1.54) is 0 Å². The minimum absolute atomic E-state index is 0.00155. The fourth-order valence-electron chi connectivity index (χ4n) is 5.73. The van der Waals surface area contributed by atoms with Crippen LogP contribution in [0.5, 0.6) is 0 Å². The lowest BCUT2D eigenvalue weighted by molar-refractivity contribution is -0.132. The highest BCUT2D eigenvalue weighted by atomic mass is 32.2. The number of hydrogen-bond donors (Lipinski definition) is 1. The van der Waals surface area contributed by atoms with Crippen LogP contribution in [0.1, 0.15) is 74.5 Å². The molecule has 1 saturated heterocycles. The van der Waals surface area contributed by atoms with Crippen LogP contribution in [0.25, 0.3) is 0 Å². The van der Waals surface area contributed by atoms with Crippen LogP contribution in [0, 0.1) is 5.92 Å². The molecule has 8 heteroatoms. The first kappa shape index (κ1) is 21.4. The molecule has 32 heavy (non-hydrogen) atoms. The largest absolute Gasteiger partial charge is 0.363 e. The molecule has 3 atom stereocenters. The lowest BCUT2D eigenvalue weighted by atomic mass is 9.93. The third kappa shape index (κ3) is 3.49. The van der Waals surface area contributed by atoms with Crippen LogP contribution >= 0.6 is 0 Å². The van der Waals surface area contributed by atoms with E-state index in [1.807, 2.05) is 23.1 Å². The smallest absolute Gasteiger partial charge is 0.220 e. The van der Waals surface area contributed by atoms with E-state index >= 15 is 0 Å². The van der Waals surface area contributed by atoms with Gasteiger partial charge in [-0.2, -0.15) is 0 Å². The number of amides is 1. The van der Waals surface area contributed by atoms with Gasteiger partial charge in [-0.25, -0.2) is 18.4 Å². The average molecular weight is 455 g/mol. The summed E-state index contributed by atoms with van der Waals surface area (Å²) in [6.45, 7) is 5.87. The number of fused-ring (bicyclic) bond motifs is 5. The van der Waals surface area contributed by atoms with Crippen molar-refractivity contribution in [2.75, 3.05) is 11.1 Å². The van der Waals surface area contributed by atoms with Crippen LogP contribution in [0.3, 0.4) is 0 Å². The summed E-state index contributed by atoms with van der Waals surface area (Å²) in [6.07, 6.45) is 5.74. The second kappa shape index (κ2) is 7.83. The monoisotopic (exact) mass is 454 g/mol. The molecule has 3 aliphatic rings. The first-order chi connectivity index (χ1) is 15.3. The van der Waals surface area contributed by atoms with Gasteiger partial charge >= 0.3 is 0 Å². The number of carbonyl (C=O) groups excluding carboxylic acids is 1. The summed E-state index contributed by atoms with van der Waals surface area (Å²) in [7, 11) is -3.23. The highest BCUT2D eigenvalue weighted by Gasteiger charge is 2.43. The Labute approximate surface area is 189 Å². The summed E-state index contributed by atoms with van der Waals surface area (Å²) in [5.74, 6) is 1.27. The maximum absolute atomic E-state index is 12.7. The summed E-state index contributed by atoms with van der Waals surface area (Å²) in [5, 5.41) is 3.62. The molecule has 7 nitrogen and oxygen atoms in total. The number of rotatable bonds is 4. The van der Waals surface area contributed by atoms with Gasteiger partial charge in [0.1, 0.15) is 12.1 Å². The van der Waals surface area contributed by atoms with Crippen LogP contribution in [-0.4, -0.2) is 41.0 Å². The molecule has 2 bridgehead atoms. The van der Waals surface area contributed by atoms with Crippen molar-refractivity contribution in [3.05, 3.63) is 46.9 Å². The minimum atomic E-state index is -3.23. The quantitative estimate of drug-likeness (QED) is 0.759. The molecule has 1 aromatic heterocycles. The SMILES string of the molecule is CC(=O)N1[C@@H]2CC[C@H]1c1c(ncnc1N[C@@H](c1ccc3c(c1)S(=O)(=O)CCC3)C(C)C)C2. The Bertz CT molecular complexity index is 1180. The van der Waals surface area contributed by atoms with Gasteiger partial charge in [0.25, 0.3) is 0 Å². The van der Waals surface area contributed by atoms with Gasteiger partial charge in [-0.1, -0.05) is 26.0 Å². The second-order valence-electron chi connectivity index (χ2n) is 9.62. The number of anilines is 1. The van der Waals surface area contributed by atoms with Crippen molar-refractivity contribution >= 4 is 21.6 Å². The van der Waals surface area contributed by atoms with Gasteiger partial charge in [0.05, 0.1) is 28.4 Å². The molecule has 1 aromatic carbocycles. The van der Waals surface area contributed by atoms with E-state index in [0.29, 0.717) is 11.3 Å². The van der Waals surface area contributed by atoms with E-state index in [1.54, 1.807) is 13.3 Å². The predicted molar refractivity (Wildman–Crippen MR) is 122 cm³/mol. The molecule has 0 saturated carbocycles. The number of hydrogen-bond acceptors (Lipinski definition) is 6. The van der Waals surface area contributed by atoms with Crippen LogP contribution in [0.15, 0.2) is 29.4 Å². The third-order valence-corrected chi connectivity index (χ3v) is 9.07. The molecule has 1 N–H and O–H groups in total. The van der Waals surface area contributed by atoms with Crippen LogP contribution in [0.4, 0.5) is 5.82 Å². The summed E-state index contributed by atoms with van der Waals surface area (Å²) in [5.41, 5.74) is 3.90. The van der Waals surface area contributed by atoms with Gasteiger partial charge < -0.3 is 10.2 Å². The van der Waals surface area contributed by atoms with Crippen molar-refractivity contribution in [3.8, 4) is 0 Å². The van der Waals surface area contributed by atoms with Crippen LogP contribution in [-0.2, 0) is 27.5 Å². The van der Waals surface area contributed by atoms with Crippen molar-refractivity contribution < 1.29 is 13.2 Å². The van der Waals surface area contributed by atoms with Crippen LogP contribution in [0.2, 0.25) is 0 Å². The van der Waals surface area contributed by atoms with E-state index in [0.717, 1.165) is 53.9 Å². The first-order valence-corrected chi connectivity index (χ1v) is 13.2. The highest BCUT2D eigenvalue weighted by Crippen LogP contribution is 2.46. The van der Waals surface area contributed by atoms with Gasteiger partial charge in [0.2, 0.25) is 5.91 Å². The Morgan fingerprint density at radius 2 is 2.03 bits per heavy atom. The van der Waals surface area contributed by atoms with Gasteiger partial charge in [-0.15, -0.1) is 0 Å². The molecule has 0 radical (unpaired) electrons. The Balaban J connectivity index is 1.53. The van der Waals surface area contributed by atoms with E-state index in [-0.39, 0.29) is 35.7 Å². The Morgan fingerprint density at radius 3 is 2.78 bits per heavy atom. The molecule has 0 aliphatic carbocycles. The Kier molecular flexibility index (Phi) is 5.23. The van der Waals surface area contributed by atoms with E-state index in [2.05, 4.69) is 29.1 Å². The zero-order chi connectivity index (χ0) is 22.6. The van der Waals surface area contributed by atoms with Gasteiger partial charge in [-0.3, -0.25) is 4.79 Å². The van der Waals surface area contributed by atoms with Crippen molar-refractivity contribution in [3.63, 3.8) is 0 Å². The summed E-state index contributed by atoms with van der Waals surface area (Å²) >= 11 is 0. The zero-order valence-electron chi connectivity index (χ0n) is 18.8. The summed E-state index contributed by atoms with van der Waals surface area (Å²) < 4.78 is 25.4. The predicted octanol–water partition coefficient (Wildman–Crippen LogP) is 3.61. The molecule has 3 aliphatic heterocycles. The maximum atomic E-state index is 12.7. The number of sulfone groups is 1. The fourth-order valence-corrected chi connectivity index (χ4v) is 7.36. The van der Waals surface area contributed by atoms with Crippen molar-refractivity contribution in [2.24, 2.45) is 5.92 Å². The van der Waals surface area contributed by atoms with E-state index < -0.39 is 9.84 Å². The molecule has 5 rings (SSSR count). The van der Waals surface area contributed by atoms with Gasteiger partial charge in [0, 0.05) is 24.9 Å². The third-order valence-electron chi connectivity index (χ3n) is 7.20. The molecule has 1 amide bonds. The number of carbonyl (C=O) groups is 1. The minimum Gasteiger partial charge on any atom is -0.363 e. The lowest BCUT2D eigenvalue weighted by Gasteiger charge is -2.36. The number of nitrogens with zero attached hydrogens (tertiary/aromatic N) is 3. The average Bonchev–Trinajstić information content (AvgIpc) is 3.06. The van der Waals surface area contributed by atoms with E-state index in [9.17, 15) is 13.2 Å². The zero-order valence-corrected chi connectivity index (χ0v) is 19.7. The van der Waals surface area contributed by atoms with Crippen LogP contribution < -0.4 is 5.32 Å². The van der Waals surface area contributed by atoms with Gasteiger partial charge in [0.15, 0.2) is 9.84 Å². The normalized spacial score (nSPS) is 24.1. The maximum Gasteiger partial charge on any atom is 0.220 e. The Hall–Kier alpha value is -2.48. The van der Waals surface area contributed by atoms with Crippen molar-refractivity contribution in [1.82, 2.24) is 14.9 Å². The molecular formula is C24H30N4O3S. The van der Waals surface area contributed by atoms with Crippen molar-refractivity contribution in [2.45, 2.75) is 75.9 Å². The number of nitrogens with one attached hydrogen (secondary N) is 1. The molecule has 2 aromatic rings. The molecular weight excluding hydrogens is 424 g/mol. The molecule has 4 heterocycles. The molecule has 0 unspecified atom stereocenters. The topological polar surface area (TPSA) is 92.3 Å². The lowest BCUT2D eigenvalue weighted by Crippen LogP contribution is -2.41. The molecule has 1 fully saturated rings.